The molecule has 0 radical (unpaired) electrons. The predicted molar refractivity (Wildman–Crippen MR) is 87.9 cm³/mol. The average Bonchev–Trinajstić information content (AvgIpc) is 2.72. The highest BCUT2D eigenvalue weighted by Crippen LogP contribution is 2.15. The van der Waals surface area contributed by atoms with Gasteiger partial charge < -0.3 is 15.2 Å². The number of carbonyl (C=O) groups excluding carboxylic acids is 2. The van der Waals surface area contributed by atoms with E-state index in [1.807, 2.05) is 35.8 Å². The van der Waals surface area contributed by atoms with Crippen LogP contribution in [0.3, 0.4) is 0 Å². The van der Waals surface area contributed by atoms with Gasteiger partial charge in [0.05, 0.1) is 11.0 Å². The van der Waals surface area contributed by atoms with E-state index in [9.17, 15) is 9.59 Å². The summed E-state index contributed by atoms with van der Waals surface area (Å²) in [6, 6.07) is 7.50. The van der Waals surface area contributed by atoms with E-state index in [1.165, 1.54) is 0 Å². The highest BCUT2D eigenvalue weighted by molar-refractivity contribution is 5.87. The number of carbonyl (C=O) groups is 2. The summed E-state index contributed by atoms with van der Waals surface area (Å²) < 4.78 is 2.04. The highest BCUT2D eigenvalue weighted by Gasteiger charge is 2.22. The zero-order chi connectivity index (χ0) is 16.2. The SMILES string of the molecule is Cc1nc2ccccc2n1CCC(=O)NC1CCCCNC1=O. The molecule has 1 aromatic heterocycles. The molecule has 0 bridgehead atoms. The minimum atomic E-state index is -0.398. The summed E-state index contributed by atoms with van der Waals surface area (Å²) in [7, 11) is 0. The number of aromatic nitrogens is 2. The summed E-state index contributed by atoms with van der Waals surface area (Å²) in [5.41, 5.74) is 1.97. The quantitative estimate of drug-likeness (QED) is 0.898. The van der Waals surface area contributed by atoms with E-state index < -0.39 is 6.04 Å². The zero-order valence-corrected chi connectivity index (χ0v) is 13.3. The molecule has 1 atom stereocenters. The van der Waals surface area contributed by atoms with Gasteiger partial charge in [-0.3, -0.25) is 9.59 Å². The molecule has 2 amide bonds. The molecule has 1 fully saturated rings. The van der Waals surface area contributed by atoms with Crippen LogP contribution in [0, 0.1) is 6.92 Å². The highest BCUT2D eigenvalue weighted by atomic mass is 16.2. The minimum Gasteiger partial charge on any atom is -0.354 e. The van der Waals surface area contributed by atoms with Crippen molar-refractivity contribution in [2.45, 2.75) is 45.2 Å². The first-order chi connectivity index (χ1) is 11.1. The average molecular weight is 314 g/mol. The number of hydrogen-bond donors (Lipinski definition) is 2. The molecule has 3 rings (SSSR count). The summed E-state index contributed by atoms with van der Waals surface area (Å²) in [5, 5.41) is 5.69. The largest absolute Gasteiger partial charge is 0.354 e. The molecule has 23 heavy (non-hydrogen) atoms. The van der Waals surface area contributed by atoms with Crippen molar-refractivity contribution in [1.82, 2.24) is 20.2 Å². The Bertz CT molecular complexity index is 722. The Morgan fingerprint density at radius 2 is 2.22 bits per heavy atom. The number of nitrogens with zero attached hydrogens (tertiary/aromatic N) is 2. The van der Waals surface area contributed by atoms with Crippen molar-refractivity contribution in [1.29, 1.82) is 0 Å². The maximum Gasteiger partial charge on any atom is 0.242 e. The lowest BCUT2D eigenvalue weighted by atomic mass is 10.1. The van der Waals surface area contributed by atoms with Crippen molar-refractivity contribution in [2.75, 3.05) is 6.54 Å². The van der Waals surface area contributed by atoms with Crippen molar-refractivity contribution >= 4 is 22.8 Å². The van der Waals surface area contributed by atoms with Gasteiger partial charge in [0.1, 0.15) is 11.9 Å². The Labute approximate surface area is 135 Å². The van der Waals surface area contributed by atoms with Gasteiger partial charge in [0, 0.05) is 19.5 Å². The number of benzene rings is 1. The number of imidazole rings is 1. The molecular weight excluding hydrogens is 292 g/mol. The topological polar surface area (TPSA) is 76.0 Å². The van der Waals surface area contributed by atoms with Crippen LogP contribution in [0.5, 0.6) is 0 Å². The number of fused-ring (bicyclic) bond motifs is 1. The third-order valence-electron chi connectivity index (χ3n) is 4.28. The fourth-order valence-electron chi connectivity index (χ4n) is 3.04. The molecule has 2 aromatic rings. The van der Waals surface area contributed by atoms with Crippen LogP contribution in [-0.4, -0.2) is 34.0 Å². The molecule has 1 aromatic carbocycles. The van der Waals surface area contributed by atoms with Crippen molar-refractivity contribution in [3.8, 4) is 0 Å². The molecule has 1 aliphatic rings. The molecule has 1 aliphatic heterocycles. The third-order valence-corrected chi connectivity index (χ3v) is 4.28. The molecule has 6 heteroatoms. The van der Waals surface area contributed by atoms with E-state index in [0.29, 0.717) is 25.9 Å². The Balaban J connectivity index is 1.62. The summed E-state index contributed by atoms with van der Waals surface area (Å²) in [5.74, 6) is 0.732. The third kappa shape index (κ3) is 3.52. The lowest BCUT2D eigenvalue weighted by Gasteiger charge is -2.15. The maximum atomic E-state index is 12.2. The van der Waals surface area contributed by atoms with Crippen LogP contribution < -0.4 is 10.6 Å². The number of aryl methyl sites for hydroxylation is 2. The van der Waals surface area contributed by atoms with E-state index in [-0.39, 0.29) is 11.8 Å². The van der Waals surface area contributed by atoms with E-state index in [0.717, 1.165) is 29.7 Å². The number of para-hydroxylation sites is 2. The normalized spacial score (nSPS) is 18.5. The standard InChI is InChI=1S/C17H22N4O2/c1-12-19-13-6-2-3-8-15(13)21(12)11-9-16(22)20-14-7-4-5-10-18-17(14)23/h2-3,6,8,14H,4-5,7,9-11H2,1H3,(H,18,23)(H,20,22). The van der Waals surface area contributed by atoms with Gasteiger partial charge in [-0.15, -0.1) is 0 Å². The Morgan fingerprint density at radius 1 is 1.39 bits per heavy atom. The van der Waals surface area contributed by atoms with Gasteiger partial charge in [-0.1, -0.05) is 12.1 Å². The molecule has 6 nitrogen and oxygen atoms in total. The monoisotopic (exact) mass is 314 g/mol. The number of amides is 2. The second-order valence-corrected chi connectivity index (χ2v) is 5.96. The first-order valence-corrected chi connectivity index (χ1v) is 8.14. The smallest absolute Gasteiger partial charge is 0.242 e. The number of nitrogens with one attached hydrogen (secondary N) is 2. The maximum absolute atomic E-state index is 12.2. The van der Waals surface area contributed by atoms with E-state index in [4.69, 9.17) is 0 Å². The van der Waals surface area contributed by atoms with Gasteiger partial charge in [-0.25, -0.2) is 4.98 Å². The molecule has 122 valence electrons. The summed E-state index contributed by atoms with van der Waals surface area (Å²) in [6.45, 7) is 3.20. The fourth-order valence-corrected chi connectivity index (χ4v) is 3.04. The molecule has 2 heterocycles. The Morgan fingerprint density at radius 3 is 3.09 bits per heavy atom. The summed E-state index contributed by atoms with van der Waals surface area (Å²) in [4.78, 5) is 28.6. The van der Waals surface area contributed by atoms with Crippen LogP contribution in [0.25, 0.3) is 11.0 Å². The van der Waals surface area contributed by atoms with Crippen LogP contribution in [0.1, 0.15) is 31.5 Å². The predicted octanol–water partition coefficient (Wildman–Crippen LogP) is 1.52. The van der Waals surface area contributed by atoms with Crippen molar-refractivity contribution in [3.63, 3.8) is 0 Å². The van der Waals surface area contributed by atoms with Gasteiger partial charge in [0.2, 0.25) is 11.8 Å². The minimum absolute atomic E-state index is 0.0693. The molecule has 1 unspecified atom stereocenters. The van der Waals surface area contributed by atoms with Gasteiger partial charge >= 0.3 is 0 Å². The van der Waals surface area contributed by atoms with Crippen LogP contribution in [0.15, 0.2) is 24.3 Å². The van der Waals surface area contributed by atoms with Gasteiger partial charge in [0.25, 0.3) is 0 Å². The first kappa shape index (κ1) is 15.5. The molecule has 0 spiro atoms. The lowest BCUT2D eigenvalue weighted by molar-refractivity contribution is -0.128. The van der Waals surface area contributed by atoms with Crippen LogP contribution in [0.2, 0.25) is 0 Å². The fraction of sp³-hybridized carbons (Fsp3) is 0.471. The van der Waals surface area contributed by atoms with Crippen LogP contribution >= 0.6 is 0 Å². The van der Waals surface area contributed by atoms with Gasteiger partial charge in [-0.05, 0) is 38.3 Å². The van der Waals surface area contributed by atoms with E-state index >= 15 is 0 Å². The molecule has 2 N–H and O–H groups in total. The molecule has 0 saturated carbocycles. The summed E-state index contributed by atoms with van der Waals surface area (Å²) >= 11 is 0. The molecule has 0 aliphatic carbocycles. The zero-order valence-electron chi connectivity index (χ0n) is 13.3. The van der Waals surface area contributed by atoms with Crippen molar-refractivity contribution in [3.05, 3.63) is 30.1 Å². The van der Waals surface area contributed by atoms with Gasteiger partial charge in [-0.2, -0.15) is 0 Å². The molecule has 1 saturated heterocycles. The Hall–Kier alpha value is -2.37. The lowest BCUT2D eigenvalue weighted by Crippen LogP contribution is -2.45. The van der Waals surface area contributed by atoms with Crippen LogP contribution in [-0.2, 0) is 16.1 Å². The van der Waals surface area contributed by atoms with Crippen molar-refractivity contribution < 1.29 is 9.59 Å². The van der Waals surface area contributed by atoms with E-state index in [2.05, 4.69) is 15.6 Å². The van der Waals surface area contributed by atoms with Gasteiger partial charge in [0.15, 0.2) is 0 Å². The number of hydrogen-bond acceptors (Lipinski definition) is 3. The Kier molecular flexibility index (Phi) is 4.60. The van der Waals surface area contributed by atoms with Crippen LogP contribution in [0.4, 0.5) is 0 Å². The second-order valence-electron chi connectivity index (χ2n) is 5.96. The molecular formula is C17H22N4O2. The summed E-state index contributed by atoms with van der Waals surface area (Å²) in [6.07, 6.45) is 2.98. The van der Waals surface area contributed by atoms with E-state index in [1.54, 1.807) is 0 Å². The number of rotatable bonds is 4. The second kappa shape index (κ2) is 6.81. The van der Waals surface area contributed by atoms with Crippen molar-refractivity contribution in [2.24, 2.45) is 0 Å². The first-order valence-electron chi connectivity index (χ1n) is 8.14.